The van der Waals surface area contributed by atoms with Crippen molar-refractivity contribution in [2.75, 3.05) is 34.5 Å². The number of nitrogens with zero attached hydrogens (tertiary/aromatic N) is 1. The van der Waals surface area contributed by atoms with Gasteiger partial charge in [-0.1, -0.05) is 12.2 Å². The largest absolute Gasteiger partial charge is 0.493 e. The van der Waals surface area contributed by atoms with Crippen LogP contribution in [-0.4, -0.2) is 51.2 Å². The van der Waals surface area contributed by atoms with Gasteiger partial charge in [-0.3, -0.25) is 4.99 Å². The molecule has 0 fully saturated rings. The number of nitrogens with one attached hydrogen (secondary N) is 1. The van der Waals surface area contributed by atoms with Gasteiger partial charge in [-0.15, -0.1) is 0 Å². The topological polar surface area (TPSA) is 52.1 Å². The number of aliphatic imine (C=N–C) groups is 1. The van der Waals surface area contributed by atoms with Crippen LogP contribution in [0, 0.1) is 0 Å². The van der Waals surface area contributed by atoms with E-state index in [0.29, 0.717) is 18.8 Å². The van der Waals surface area contributed by atoms with E-state index in [4.69, 9.17) is 26.4 Å². The molecule has 126 valence electrons. The molecule has 1 aliphatic rings. The van der Waals surface area contributed by atoms with Gasteiger partial charge in [0.05, 0.1) is 25.8 Å². The van der Waals surface area contributed by atoms with E-state index in [1.807, 2.05) is 19.1 Å². The van der Waals surface area contributed by atoms with Gasteiger partial charge in [-0.25, -0.2) is 0 Å². The lowest BCUT2D eigenvalue weighted by Gasteiger charge is -2.21. The maximum atomic E-state index is 5.46. The summed E-state index contributed by atoms with van der Waals surface area (Å²) in [6.45, 7) is 3.43. The van der Waals surface area contributed by atoms with E-state index in [0.717, 1.165) is 35.0 Å². The lowest BCUT2D eigenvalue weighted by atomic mass is 9.95. The molecule has 1 aromatic carbocycles. The highest BCUT2D eigenvalue weighted by Crippen LogP contribution is 2.33. The average molecular weight is 336 g/mol. The summed E-state index contributed by atoms with van der Waals surface area (Å²) in [4.78, 5) is 5.43. The Bertz CT molecular complexity index is 602. The normalized spacial score (nSPS) is 14.5. The molecule has 0 radical (unpaired) electrons. The number of methoxy groups -OCH3 is 3. The van der Waals surface area contributed by atoms with Crippen LogP contribution >= 0.6 is 12.2 Å². The molecule has 0 amide bonds. The molecule has 0 saturated heterocycles. The van der Waals surface area contributed by atoms with Crippen LogP contribution < -0.4 is 14.8 Å². The monoisotopic (exact) mass is 336 g/mol. The van der Waals surface area contributed by atoms with Crippen LogP contribution in [-0.2, 0) is 11.2 Å². The number of rotatable bonds is 7. The molecule has 2 rings (SSSR count). The summed E-state index contributed by atoms with van der Waals surface area (Å²) in [6.07, 6.45) is 1.52. The van der Waals surface area contributed by atoms with Crippen molar-refractivity contribution in [2.24, 2.45) is 4.99 Å². The van der Waals surface area contributed by atoms with Gasteiger partial charge in [-0.05, 0) is 31.0 Å². The summed E-state index contributed by atoms with van der Waals surface area (Å²) in [5.74, 6) is 1.47. The van der Waals surface area contributed by atoms with Crippen LogP contribution in [0.5, 0.6) is 11.5 Å². The van der Waals surface area contributed by atoms with Crippen molar-refractivity contribution < 1.29 is 14.2 Å². The van der Waals surface area contributed by atoms with Gasteiger partial charge in [0.1, 0.15) is 0 Å². The molecule has 0 bridgehead atoms. The van der Waals surface area contributed by atoms with Crippen molar-refractivity contribution in [1.82, 2.24) is 5.32 Å². The molecule has 1 aliphatic heterocycles. The fourth-order valence-electron chi connectivity index (χ4n) is 2.71. The molecule has 6 heteroatoms. The van der Waals surface area contributed by atoms with Crippen LogP contribution in [0.1, 0.15) is 24.5 Å². The summed E-state index contributed by atoms with van der Waals surface area (Å²) in [6, 6.07) is 4.21. The van der Waals surface area contributed by atoms with Crippen LogP contribution in [0.25, 0.3) is 0 Å². The average Bonchev–Trinajstić information content (AvgIpc) is 2.53. The van der Waals surface area contributed by atoms with Crippen molar-refractivity contribution in [3.05, 3.63) is 23.3 Å². The van der Waals surface area contributed by atoms with Gasteiger partial charge in [-0.2, -0.15) is 0 Å². The Balaban J connectivity index is 2.17. The Kier molecular flexibility index (Phi) is 6.36. The van der Waals surface area contributed by atoms with Crippen LogP contribution in [0.4, 0.5) is 0 Å². The number of fused-ring (bicyclic) bond motifs is 1. The van der Waals surface area contributed by atoms with Gasteiger partial charge < -0.3 is 19.5 Å². The molecule has 0 spiro atoms. The van der Waals surface area contributed by atoms with Crippen LogP contribution in [0.3, 0.4) is 0 Å². The van der Waals surface area contributed by atoms with Crippen molar-refractivity contribution in [3.8, 4) is 11.5 Å². The lowest BCUT2D eigenvalue weighted by Crippen LogP contribution is -2.36. The van der Waals surface area contributed by atoms with Crippen molar-refractivity contribution in [1.29, 1.82) is 0 Å². The zero-order chi connectivity index (χ0) is 16.8. The molecule has 0 aliphatic carbocycles. The Morgan fingerprint density at radius 1 is 1.26 bits per heavy atom. The quantitative estimate of drug-likeness (QED) is 0.775. The molecule has 0 unspecified atom stereocenters. The predicted octanol–water partition coefficient (Wildman–Crippen LogP) is 2.39. The summed E-state index contributed by atoms with van der Waals surface area (Å²) < 4.78 is 15.9. The highest BCUT2D eigenvalue weighted by molar-refractivity contribution is 7.80. The first-order valence-corrected chi connectivity index (χ1v) is 8.06. The second-order valence-corrected chi connectivity index (χ2v) is 6.04. The van der Waals surface area contributed by atoms with Crippen LogP contribution in [0.15, 0.2) is 17.1 Å². The van der Waals surface area contributed by atoms with Gasteiger partial charge in [0.15, 0.2) is 11.5 Å². The minimum atomic E-state index is 0.182. The minimum Gasteiger partial charge on any atom is -0.493 e. The maximum absolute atomic E-state index is 5.46. The minimum absolute atomic E-state index is 0.182. The van der Waals surface area contributed by atoms with E-state index in [9.17, 15) is 0 Å². The van der Waals surface area contributed by atoms with Crippen molar-refractivity contribution >= 4 is 22.9 Å². The van der Waals surface area contributed by atoms with E-state index >= 15 is 0 Å². The van der Waals surface area contributed by atoms with Gasteiger partial charge in [0, 0.05) is 37.4 Å². The molecule has 5 nitrogen and oxygen atoms in total. The van der Waals surface area contributed by atoms with Gasteiger partial charge in [0.25, 0.3) is 0 Å². The van der Waals surface area contributed by atoms with E-state index in [-0.39, 0.29) is 6.04 Å². The fraction of sp³-hybridized carbons (Fsp3) is 0.529. The van der Waals surface area contributed by atoms with Crippen LogP contribution in [0.2, 0.25) is 0 Å². The molecule has 1 atom stereocenters. The third-order valence-electron chi connectivity index (χ3n) is 3.76. The summed E-state index contributed by atoms with van der Waals surface area (Å²) in [5, 5.41) is 3.28. The third-order valence-corrected chi connectivity index (χ3v) is 4.02. The van der Waals surface area contributed by atoms with Crippen molar-refractivity contribution in [3.63, 3.8) is 0 Å². The van der Waals surface area contributed by atoms with Gasteiger partial charge in [0.2, 0.25) is 0 Å². The Morgan fingerprint density at radius 2 is 1.96 bits per heavy atom. The first-order chi connectivity index (χ1) is 11.1. The third kappa shape index (κ3) is 4.42. The molecule has 1 N–H and O–H groups in total. The zero-order valence-electron chi connectivity index (χ0n) is 14.1. The Hall–Kier alpha value is -1.66. The van der Waals surface area contributed by atoms with Crippen molar-refractivity contribution in [2.45, 2.75) is 25.8 Å². The first-order valence-electron chi connectivity index (χ1n) is 7.66. The predicted molar refractivity (Wildman–Crippen MR) is 96.3 cm³/mol. The first kappa shape index (κ1) is 17.7. The number of ether oxygens (including phenoxy) is 3. The maximum Gasteiger partial charge on any atom is 0.161 e. The molecule has 0 saturated carbocycles. The Morgan fingerprint density at radius 3 is 2.61 bits per heavy atom. The molecule has 0 aromatic heterocycles. The number of hydrogen-bond donors (Lipinski definition) is 1. The zero-order valence-corrected chi connectivity index (χ0v) is 15.0. The summed E-state index contributed by atoms with van der Waals surface area (Å²) in [5.41, 5.74) is 3.31. The smallest absolute Gasteiger partial charge is 0.161 e. The Labute approximate surface area is 143 Å². The SMILES string of the molecule is COC[C@@H](C)NC(=S)CC1=NCCc2cc(OC)c(OC)cc21. The highest BCUT2D eigenvalue weighted by atomic mass is 32.1. The van der Waals surface area contributed by atoms with E-state index in [1.165, 1.54) is 5.56 Å². The second kappa shape index (κ2) is 8.26. The molecule has 1 aromatic rings. The number of thiocarbonyl (C=S) groups is 1. The summed E-state index contributed by atoms with van der Waals surface area (Å²) >= 11 is 5.46. The van der Waals surface area contributed by atoms with E-state index in [2.05, 4.69) is 10.3 Å². The van der Waals surface area contributed by atoms with E-state index < -0.39 is 0 Å². The summed E-state index contributed by atoms with van der Waals surface area (Å²) in [7, 11) is 4.98. The molecule has 1 heterocycles. The van der Waals surface area contributed by atoms with E-state index in [1.54, 1.807) is 21.3 Å². The molecule has 23 heavy (non-hydrogen) atoms. The molecular formula is C17H24N2O3S. The van der Waals surface area contributed by atoms with Gasteiger partial charge >= 0.3 is 0 Å². The standard InChI is InChI=1S/C17H24N2O3S/c1-11(10-20-2)19-17(23)9-14-13-8-16(22-4)15(21-3)7-12(13)5-6-18-14/h7-8,11H,5-6,9-10H2,1-4H3,(H,19,23)/t11-/m1/s1. The fourth-order valence-corrected chi connectivity index (χ4v) is 3.05. The lowest BCUT2D eigenvalue weighted by molar-refractivity contribution is 0.179. The number of hydrogen-bond acceptors (Lipinski definition) is 5. The highest BCUT2D eigenvalue weighted by Gasteiger charge is 2.19. The second-order valence-electron chi connectivity index (χ2n) is 5.54. The number of benzene rings is 1. The molecular weight excluding hydrogens is 312 g/mol.